The third-order valence-electron chi connectivity index (χ3n) is 4.08. The van der Waals surface area contributed by atoms with Gasteiger partial charge in [-0.2, -0.15) is 4.37 Å². The van der Waals surface area contributed by atoms with E-state index in [4.69, 9.17) is 4.74 Å². The predicted octanol–water partition coefficient (Wildman–Crippen LogP) is 3.16. The first-order valence-electron chi connectivity index (χ1n) is 6.88. The first kappa shape index (κ1) is 12.4. The van der Waals surface area contributed by atoms with Crippen LogP contribution in [0.5, 0.6) is 0 Å². The van der Waals surface area contributed by atoms with E-state index in [0.717, 1.165) is 23.8 Å². The molecule has 2 aliphatic carbocycles. The molecule has 0 spiro atoms. The number of rotatable bonds is 4. The summed E-state index contributed by atoms with van der Waals surface area (Å²) < 4.78 is 10.4. The van der Waals surface area contributed by atoms with Gasteiger partial charge in [-0.15, -0.1) is 0 Å². The van der Waals surface area contributed by atoms with Gasteiger partial charge in [0.15, 0.2) is 5.82 Å². The van der Waals surface area contributed by atoms with Crippen LogP contribution in [0.15, 0.2) is 0 Å². The molecule has 0 radical (unpaired) electrons. The second-order valence-electron chi connectivity index (χ2n) is 5.74. The molecule has 5 heteroatoms. The molecule has 18 heavy (non-hydrogen) atoms. The Kier molecular flexibility index (Phi) is 3.28. The minimum atomic E-state index is -0.238. The van der Waals surface area contributed by atoms with Crippen LogP contribution in [0.4, 0.5) is 5.13 Å². The first-order chi connectivity index (χ1) is 8.72. The highest BCUT2D eigenvalue weighted by atomic mass is 32.1. The summed E-state index contributed by atoms with van der Waals surface area (Å²) in [6, 6.07) is 0.634. The maximum absolute atomic E-state index is 5.82. The van der Waals surface area contributed by atoms with E-state index in [0.29, 0.717) is 12.0 Å². The van der Waals surface area contributed by atoms with Crippen LogP contribution < -0.4 is 5.32 Å². The zero-order valence-corrected chi connectivity index (χ0v) is 11.9. The quantitative estimate of drug-likeness (QED) is 0.910. The summed E-state index contributed by atoms with van der Waals surface area (Å²) in [4.78, 5) is 4.66. The molecule has 0 saturated heterocycles. The molecule has 1 aromatic heterocycles. The van der Waals surface area contributed by atoms with Crippen molar-refractivity contribution in [3.05, 3.63) is 5.82 Å². The van der Waals surface area contributed by atoms with Crippen LogP contribution in [0.25, 0.3) is 0 Å². The van der Waals surface area contributed by atoms with Gasteiger partial charge >= 0.3 is 0 Å². The average Bonchev–Trinajstić information content (AvgIpc) is 3.04. The number of nitrogens with zero attached hydrogens (tertiary/aromatic N) is 2. The minimum absolute atomic E-state index is 0.238. The van der Waals surface area contributed by atoms with E-state index in [-0.39, 0.29) is 5.60 Å². The molecule has 4 nitrogen and oxygen atoms in total. The van der Waals surface area contributed by atoms with Crippen molar-refractivity contribution in [1.82, 2.24) is 9.36 Å². The third-order valence-corrected chi connectivity index (χ3v) is 4.73. The molecule has 2 fully saturated rings. The molecule has 0 bridgehead atoms. The van der Waals surface area contributed by atoms with Gasteiger partial charge in [-0.25, -0.2) is 4.98 Å². The minimum Gasteiger partial charge on any atom is -0.370 e. The molecular formula is C13H21N3OS. The topological polar surface area (TPSA) is 47.0 Å². The summed E-state index contributed by atoms with van der Waals surface area (Å²) in [6.07, 6.45) is 7.13. The number of aromatic nitrogens is 2. The normalized spacial score (nSPS) is 32.4. The maximum atomic E-state index is 5.82. The third kappa shape index (κ3) is 2.38. The Morgan fingerprint density at radius 3 is 2.89 bits per heavy atom. The van der Waals surface area contributed by atoms with Gasteiger partial charge in [-0.3, -0.25) is 0 Å². The summed E-state index contributed by atoms with van der Waals surface area (Å²) in [6.45, 7) is 2.29. The fraction of sp³-hybridized carbons (Fsp3) is 0.846. The van der Waals surface area contributed by atoms with E-state index in [1.54, 1.807) is 7.11 Å². The Labute approximate surface area is 112 Å². The number of methoxy groups -OCH3 is 1. The lowest BCUT2D eigenvalue weighted by atomic mass is 9.78. The number of hydrogen-bond donors (Lipinski definition) is 1. The van der Waals surface area contributed by atoms with Gasteiger partial charge in [-0.1, -0.05) is 13.3 Å². The Hall–Kier alpha value is -0.680. The smallest absolute Gasteiger partial charge is 0.202 e. The molecule has 3 rings (SSSR count). The van der Waals surface area contributed by atoms with Crippen molar-refractivity contribution >= 4 is 16.7 Å². The largest absolute Gasteiger partial charge is 0.370 e. The Bertz CT molecular complexity index is 418. The van der Waals surface area contributed by atoms with Gasteiger partial charge in [0.1, 0.15) is 5.60 Å². The standard InChI is InChI=1S/C13H21N3OS/c1-9-4-3-7-13(8-9,17-2)11-15-12(18-16-11)14-10-5-6-10/h9-10H,3-8H2,1-2H3,(H,14,15,16). The first-order valence-corrected chi connectivity index (χ1v) is 7.65. The predicted molar refractivity (Wildman–Crippen MR) is 72.9 cm³/mol. The molecule has 2 saturated carbocycles. The molecule has 2 unspecified atom stereocenters. The van der Waals surface area contributed by atoms with Gasteiger partial charge in [0.2, 0.25) is 5.13 Å². The van der Waals surface area contributed by atoms with E-state index in [2.05, 4.69) is 21.6 Å². The van der Waals surface area contributed by atoms with Gasteiger partial charge in [0.05, 0.1) is 0 Å². The molecule has 1 N–H and O–H groups in total. The van der Waals surface area contributed by atoms with Crippen LogP contribution in [-0.4, -0.2) is 22.5 Å². The number of nitrogens with one attached hydrogen (secondary N) is 1. The van der Waals surface area contributed by atoms with E-state index in [1.165, 1.54) is 37.2 Å². The second-order valence-corrected chi connectivity index (χ2v) is 6.49. The van der Waals surface area contributed by atoms with E-state index in [9.17, 15) is 0 Å². The highest BCUT2D eigenvalue weighted by Crippen LogP contribution is 2.42. The monoisotopic (exact) mass is 267 g/mol. The highest BCUT2D eigenvalue weighted by Gasteiger charge is 2.40. The molecule has 0 aromatic carbocycles. The fourth-order valence-corrected chi connectivity index (χ4v) is 3.58. The summed E-state index contributed by atoms with van der Waals surface area (Å²) in [5.41, 5.74) is -0.238. The molecule has 2 atom stereocenters. The van der Waals surface area contributed by atoms with Crippen molar-refractivity contribution in [3.8, 4) is 0 Å². The van der Waals surface area contributed by atoms with Gasteiger partial charge in [0, 0.05) is 24.7 Å². The van der Waals surface area contributed by atoms with Crippen LogP contribution in [-0.2, 0) is 10.3 Å². The van der Waals surface area contributed by atoms with Crippen molar-refractivity contribution in [2.75, 3.05) is 12.4 Å². The zero-order chi connectivity index (χ0) is 12.6. The summed E-state index contributed by atoms with van der Waals surface area (Å²) in [5.74, 6) is 1.59. The Morgan fingerprint density at radius 2 is 2.22 bits per heavy atom. The maximum Gasteiger partial charge on any atom is 0.202 e. The lowest BCUT2D eigenvalue weighted by Gasteiger charge is -2.36. The fourth-order valence-electron chi connectivity index (χ4n) is 2.85. The zero-order valence-electron chi connectivity index (χ0n) is 11.1. The van der Waals surface area contributed by atoms with Crippen molar-refractivity contribution in [3.63, 3.8) is 0 Å². The molecule has 0 amide bonds. The van der Waals surface area contributed by atoms with Crippen LogP contribution in [0, 0.1) is 5.92 Å². The van der Waals surface area contributed by atoms with E-state index >= 15 is 0 Å². The van der Waals surface area contributed by atoms with Crippen LogP contribution in [0.2, 0.25) is 0 Å². The van der Waals surface area contributed by atoms with E-state index in [1.807, 2.05) is 0 Å². The number of hydrogen-bond acceptors (Lipinski definition) is 5. The molecular weight excluding hydrogens is 246 g/mol. The Balaban J connectivity index is 1.78. The van der Waals surface area contributed by atoms with Crippen molar-refractivity contribution in [2.24, 2.45) is 5.92 Å². The number of ether oxygens (including phenoxy) is 1. The molecule has 1 heterocycles. The van der Waals surface area contributed by atoms with Gasteiger partial charge < -0.3 is 10.1 Å². The van der Waals surface area contributed by atoms with Gasteiger partial charge in [0.25, 0.3) is 0 Å². The van der Waals surface area contributed by atoms with Gasteiger partial charge in [-0.05, 0) is 38.0 Å². The highest BCUT2D eigenvalue weighted by molar-refractivity contribution is 7.09. The number of anilines is 1. The van der Waals surface area contributed by atoms with Crippen LogP contribution in [0.3, 0.4) is 0 Å². The summed E-state index contributed by atoms with van der Waals surface area (Å²) >= 11 is 1.47. The van der Waals surface area contributed by atoms with Crippen molar-refractivity contribution in [2.45, 2.75) is 57.1 Å². The van der Waals surface area contributed by atoms with Crippen LogP contribution >= 0.6 is 11.5 Å². The summed E-state index contributed by atoms with van der Waals surface area (Å²) in [7, 11) is 1.80. The van der Waals surface area contributed by atoms with E-state index < -0.39 is 0 Å². The van der Waals surface area contributed by atoms with Crippen molar-refractivity contribution in [1.29, 1.82) is 0 Å². The van der Waals surface area contributed by atoms with Crippen LogP contribution in [0.1, 0.15) is 51.3 Å². The van der Waals surface area contributed by atoms with Crippen molar-refractivity contribution < 1.29 is 4.74 Å². The Morgan fingerprint density at radius 1 is 1.39 bits per heavy atom. The molecule has 100 valence electrons. The molecule has 0 aliphatic heterocycles. The second kappa shape index (κ2) is 4.78. The SMILES string of the molecule is COC1(c2nsc(NC3CC3)n2)CCCC(C)C1. The lowest BCUT2D eigenvalue weighted by Crippen LogP contribution is -2.35. The molecule has 2 aliphatic rings. The summed E-state index contributed by atoms with van der Waals surface area (Å²) in [5, 5.41) is 4.38. The lowest BCUT2D eigenvalue weighted by molar-refractivity contribution is -0.0637. The molecule has 1 aromatic rings. The average molecular weight is 267 g/mol.